The van der Waals surface area contributed by atoms with E-state index < -0.39 is 11.7 Å². The quantitative estimate of drug-likeness (QED) is 0.909. The normalized spacial score (nSPS) is 20.9. The number of anilines is 1. The second-order valence-electron chi connectivity index (χ2n) is 5.02. The summed E-state index contributed by atoms with van der Waals surface area (Å²) in [6, 6.07) is 4.18. The van der Waals surface area contributed by atoms with Crippen LogP contribution in [0.3, 0.4) is 0 Å². The molecule has 1 heterocycles. The van der Waals surface area contributed by atoms with E-state index >= 15 is 0 Å². The second kappa shape index (κ2) is 6.01. The van der Waals surface area contributed by atoms with Crippen molar-refractivity contribution in [1.29, 1.82) is 0 Å². The molecule has 6 heteroatoms. The molecule has 1 atom stereocenters. The third kappa shape index (κ3) is 3.43. The van der Waals surface area contributed by atoms with Crippen LogP contribution in [0.1, 0.15) is 24.5 Å². The molecule has 0 spiro atoms. The molecule has 1 fully saturated rings. The van der Waals surface area contributed by atoms with E-state index in [1.807, 2.05) is 6.92 Å². The molecule has 3 nitrogen and oxygen atoms in total. The minimum atomic E-state index is -4.36. The molecule has 0 amide bonds. The van der Waals surface area contributed by atoms with Crippen LogP contribution in [0, 0.1) is 0 Å². The van der Waals surface area contributed by atoms with Gasteiger partial charge >= 0.3 is 6.18 Å². The third-order valence-electron chi connectivity index (χ3n) is 3.43. The summed E-state index contributed by atoms with van der Waals surface area (Å²) in [4.78, 5) is 2.05. The molecule has 1 aliphatic rings. The highest BCUT2D eigenvalue weighted by molar-refractivity contribution is 5.52. The molecule has 1 unspecified atom stereocenters. The van der Waals surface area contributed by atoms with Gasteiger partial charge in [-0.3, -0.25) is 0 Å². The Morgan fingerprint density at radius 1 is 1.40 bits per heavy atom. The number of halogens is 3. The molecular formula is C14H19F3N2O. The molecule has 0 radical (unpaired) electrons. The number of benzene rings is 1. The molecule has 112 valence electrons. The number of hydrogen-bond donors (Lipinski definition) is 1. The average molecular weight is 288 g/mol. The maximum Gasteiger partial charge on any atom is 0.416 e. The van der Waals surface area contributed by atoms with E-state index in [4.69, 9.17) is 10.5 Å². The van der Waals surface area contributed by atoms with Crippen molar-refractivity contribution in [2.75, 3.05) is 24.6 Å². The van der Waals surface area contributed by atoms with Gasteiger partial charge in [0.15, 0.2) is 0 Å². The van der Waals surface area contributed by atoms with Gasteiger partial charge in [-0.05, 0) is 37.1 Å². The lowest BCUT2D eigenvalue weighted by Crippen LogP contribution is -2.30. The van der Waals surface area contributed by atoms with Crippen molar-refractivity contribution in [1.82, 2.24) is 0 Å². The van der Waals surface area contributed by atoms with Gasteiger partial charge in [0.05, 0.1) is 11.7 Å². The fourth-order valence-corrected chi connectivity index (χ4v) is 2.45. The van der Waals surface area contributed by atoms with Crippen molar-refractivity contribution < 1.29 is 17.9 Å². The highest BCUT2D eigenvalue weighted by Crippen LogP contribution is 2.34. The summed E-state index contributed by atoms with van der Waals surface area (Å²) in [5, 5.41) is 0. The Morgan fingerprint density at radius 3 is 2.80 bits per heavy atom. The first kappa shape index (κ1) is 15.1. The number of hydrogen-bond acceptors (Lipinski definition) is 3. The van der Waals surface area contributed by atoms with Gasteiger partial charge in [-0.15, -0.1) is 0 Å². The minimum Gasteiger partial charge on any atom is -0.377 e. The van der Waals surface area contributed by atoms with Crippen LogP contribution in [0.4, 0.5) is 18.9 Å². The van der Waals surface area contributed by atoms with Crippen LogP contribution in [-0.4, -0.2) is 25.8 Å². The molecule has 0 aliphatic carbocycles. The number of ether oxygens (including phenoxy) is 1. The third-order valence-corrected chi connectivity index (χ3v) is 3.43. The van der Waals surface area contributed by atoms with Gasteiger partial charge in [-0.1, -0.05) is 0 Å². The molecule has 1 aromatic carbocycles. The van der Waals surface area contributed by atoms with Gasteiger partial charge in [0, 0.05) is 31.9 Å². The highest BCUT2D eigenvalue weighted by Gasteiger charge is 2.33. The number of nitrogens with two attached hydrogens (primary N) is 1. The first-order valence-electron chi connectivity index (χ1n) is 6.68. The number of nitrogens with zero attached hydrogens (tertiary/aromatic N) is 1. The molecule has 0 bridgehead atoms. The molecule has 2 rings (SSSR count). The molecule has 0 saturated carbocycles. The largest absolute Gasteiger partial charge is 0.416 e. The van der Waals surface area contributed by atoms with E-state index in [1.54, 1.807) is 6.07 Å². The van der Waals surface area contributed by atoms with Crippen molar-refractivity contribution in [2.24, 2.45) is 5.73 Å². The van der Waals surface area contributed by atoms with E-state index in [0.29, 0.717) is 13.2 Å². The van der Waals surface area contributed by atoms with Gasteiger partial charge in [-0.2, -0.15) is 13.2 Å². The fourth-order valence-electron chi connectivity index (χ4n) is 2.45. The minimum absolute atomic E-state index is 0.0705. The summed E-state index contributed by atoms with van der Waals surface area (Å²) >= 11 is 0. The summed E-state index contributed by atoms with van der Waals surface area (Å²) in [5.41, 5.74) is 5.72. The number of alkyl halides is 3. The maximum atomic E-state index is 12.8. The molecular weight excluding hydrogens is 269 g/mol. The van der Waals surface area contributed by atoms with Crippen molar-refractivity contribution >= 4 is 5.69 Å². The van der Waals surface area contributed by atoms with Crippen LogP contribution in [0.25, 0.3) is 0 Å². The van der Waals surface area contributed by atoms with Crippen LogP contribution in [0.5, 0.6) is 0 Å². The van der Waals surface area contributed by atoms with Gasteiger partial charge in [0.1, 0.15) is 0 Å². The van der Waals surface area contributed by atoms with Gasteiger partial charge in [0.2, 0.25) is 0 Å². The molecule has 1 aromatic rings. The van der Waals surface area contributed by atoms with Crippen LogP contribution < -0.4 is 10.6 Å². The van der Waals surface area contributed by atoms with E-state index in [2.05, 4.69) is 4.90 Å². The Kier molecular flexibility index (Phi) is 4.55. The molecule has 20 heavy (non-hydrogen) atoms. The van der Waals surface area contributed by atoms with Crippen molar-refractivity contribution in [3.05, 3.63) is 29.3 Å². The molecule has 2 N–H and O–H groups in total. The van der Waals surface area contributed by atoms with Gasteiger partial charge in [-0.25, -0.2) is 0 Å². The molecule has 1 aliphatic heterocycles. The van der Waals surface area contributed by atoms with Crippen molar-refractivity contribution in [2.45, 2.75) is 32.2 Å². The summed E-state index contributed by atoms with van der Waals surface area (Å²) in [6.45, 7) is 3.98. The predicted molar refractivity (Wildman–Crippen MR) is 71.6 cm³/mol. The molecule has 1 saturated heterocycles. The Balaban J connectivity index is 2.29. The Morgan fingerprint density at radius 2 is 2.15 bits per heavy atom. The van der Waals surface area contributed by atoms with Crippen molar-refractivity contribution in [3.63, 3.8) is 0 Å². The Labute approximate surface area is 116 Å². The summed E-state index contributed by atoms with van der Waals surface area (Å²) in [5.74, 6) is 0. The van der Waals surface area contributed by atoms with Crippen LogP contribution in [0.15, 0.2) is 18.2 Å². The monoisotopic (exact) mass is 288 g/mol. The summed E-state index contributed by atoms with van der Waals surface area (Å²) in [6.07, 6.45) is -3.42. The Hall–Kier alpha value is -1.27. The zero-order valence-electron chi connectivity index (χ0n) is 11.4. The SMILES string of the molecule is CC1CN(c2ccc(C(F)(F)F)c(CN)c2)CCCO1. The lowest BCUT2D eigenvalue weighted by molar-refractivity contribution is -0.138. The zero-order chi connectivity index (χ0) is 14.8. The average Bonchev–Trinajstić information content (AvgIpc) is 2.61. The maximum absolute atomic E-state index is 12.8. The second-order valence-corrected chi connectivity index (χ2v) is 5.02. The number of rotatable bonds is 2. The van der Waals surface area contributed by atoms with E-state index in [9.17, 15) is 13.2 Å². The van der Waals surface area contributed by atoms with Crippen molar-refractivity contribution in [3.8, 4) is 0 Å². The summed E-state index contributed by atoms with van der Waals surface area (Å²) < 4.78 is 44.1. The standard InChI is InChI=1S/C14H19F3N2O/c1-10-9-19(5-2-6-20-10)12-3-4-13(14(15,16)17)11(7-12)8-18/h3-4,7,10H,2,5-6,8-9,18H2,1H3. The fraction of sp³-hybridized carbons (Fsp3) is 0.571. The predicted octanol–water partition coefficient (Wildman–Crippen LogP) is 2.78. The van der Waals surface area contributed by atoms with Crippen LogP contribution in [-0.2, 0) is 17.5 Å². The lowest BCUT2D eigenvalue weighted by atomic mass is 10.1. The summed E-state index contributed by atoms with van der Waals surface area (Å²) in [7, 11) is 0. The van der Waals surface area contributed by atoms with E-state index in [1.165, 1.54) is 6.07 Å². The zero-order valence-corrected chi connectivity index (χ0v) is 11.4. The smallest absolute Gasteiger partial charge is 0.377 e. The van der Waals surface area contributed by atoms with Crippen LogP contribution in [0.2, 0.25) is 0 Å². The van der Waals surface area contributed by atoms with Crippen LogP contribution >= 0.6 is 0 Å². The van der Waals surface area contributed by atoms with Gasteiger partial charge < -0.3 is 15.4 Å². The first-order chi connectivity index (χ1) is 9.41. The van der Waals surface area contributed by atoms with Gasteiger partial charge in [0.25, 0.3) is 0 Å². The highest BCUT2D eigenvalue weighted by atomic mass is 19.4. The molecule has 0 aromatic heterocycles. The van der Waals surface area contributed by atoms with E-state index in [-0.39, 0.29) is 18.2 Å². The first-order valence-corrected chi connectivity index (χ1v) is 6.68. The topological polar surface area (TPSA) is 38.5 Å². The van der Waals surface area contributed by atoms with E-state index in [0.717, 1.165) is 24.7 Å². The Bertz CT molecular complexity index is 462. The lowest BCUT2D eigenvalue weighted by Gasteiger charge is -2.25.